The minimum absolute atomic E-state index is 0.258. The number of aliphatic carboxylic acids is 1. The quantitative estimate of drug-likeness (QED) is 0.926. The number of hydrogen-bond donors (Lipinski definition) is 1. The normalized spacial score (nSPS) is 21.1. The fourth-order valence-corrected chi connectivity index (χ4v) is 2.82. The van der Waals surface area contributed by atoms with Gasteiger partial charge < -0.3 is 14.6 Å². The number of ether oxygens (including phenoxy) is 2. The molecule has 1 aromatic carbocycles. The Morgan fingerprint density at radius 1 is 1.22 bits per heavy atom. The van der Waals surface area contributed by atoms with E-state index in [1.807, 2.05) is 12.1 Å². The number of carbonyl (C=O) groups is 2. The van der Waals surface area contributed by atoms with E-state index < -0.39 is 23.7 Å². The zero-order chi connectivity index (χ0) is 17.2. The van der Waals surface area contributed by atoms with Gasteiger partial charge in [0.1, 0.15) is 17.4 Å². The van der Waals surface area contributed by atoms with Crippen molar-refractivity contribution in [1.82, 2.24) is 4.90 Å². The van der Waals surface area contributed by atoms with Crippen LogP contribution < -0.4 is 4.74 Å². The molecule has 1 fully saturated rings. The van der Waals surface area contributed by atoms with Crippen molar-refractivity contribution >= 4 is 12.1 Å². The average molecular weight is 321 g/mol. The first-order valence-electron chi connectivity index (χ1n) is 7.59. The third kappa shape index (κ3) is 3.94. The van der Waals surface area contributed by atoms with Crippen molar-refractivity contribution in [3.63, 3.8) is 0 Å². The van der Waals surface area contributed by atoms with Crippen LogP contribution in [0.3, 0.4) is 0 Å². The molecule has 1 aromatic rings. The number of benzene rings is 1. The van der Waals surface area contributed by atoms with Crippen molar-refractivity contribution in [2.24, 2.45) is 0 Å². The number of hydrogen-bond acceptors (Lipinski definition) is 4. The predicted molar refractivity (Wildman–Crippen MR) is 84.7 cm³/mol. The van der Waals surface area contributed by atoms with Gasteiger partial charge >= 0.3 is 12.1 Å². The Hall–Kier alpha value is -2.24. The molecule has 0 aromatic heterocycles. The predicted octanol–water partition coefficient (Wildman–Crippen LogP) is 2.87. The van der Waals surface area contributed by atoms with E-state index in [0.29, 0.717) is 18.7 Å². The van der Waals surface area contributed by atoms with Gasteiger partial charge in [0.15, 0.2) is 0 Å². The number of carboxylic acids is 1. The van der Waals surface area contributed by atoms with Crippen molar-refractivity contribution in [1.29, 1.82) is 0 Å². The Kier molecular flexibility index (Phi) is 4.82. The molecule has 1 aliphatic rings. The van der Waals surface area contributed by atoms with Crippen LogP contribution in [0.4, 0.5) is 4.79 Å². The van der Waals surface area contributed by atoms with Crippen molar-refractivity contribution in [3.05, 3.63) is 29.8 Å². The number of likely N-dealkylation sites (tertiary alicyclic amines) is 1. The van der Waals surface area contributed by atoms with Gasteiger partial charge in [-0.1, -0.05) is 12.1 Å². The summed E-state index contributed by atoms with van der Waals surface area (Å²) in [6.07, 6.45) is 0.00336. The Morgan fingerprint density at radius 2 is 1.83 bits per heavy atom. The maximum Gasteiger partial charge on any atom is 0.411 e. The van der Waals surface area contributed by atoms with Crippen LogP contribution >= 0.6 is 0 Å². The van der Waals surface area contributed by atoms with Gasteiger partial charge in [-0.15, -0.1) is 0 Å². The minimum Gasteiger partial charge on any atom is -0.497 e. The molecule has 0 aliphatic carbocycles. The molecule has 1 unspecified atom stereocenters. The lowest BCUT2D eigenvalue weighted by atomic mass is 9.92. The van der Waals surface area contributed by atoms with Crippen molar-refractivity contribution in [2.45, 2.75) is 44.8 Å². The molecule has 1 heterocycles. The molecule has 1 aliphatic heterocycles. The van der Waals surface area contributed by atoms with E-state index in [0.717, 1.165) is 5.56 Å². The van der Waals surface area contributed by atoms with Crippen LogP contribution in [0.5, 0.6) is 5.75 Å². The van der Waals surface area contributed by atoms with Crippen LogP contribution in [0.1, 0.15) is 38.7 Å². The highest BCUT2D eigenvalue weighted by molar-refractivity contribution is 5.82. The van der Waals surface area contributed by atoms with E-state index >= 15 is 0 Å². The van der Waals surface area contributed by atoms with Crippen LogP contribution in [0.2, 0.25) is 0 Å². The molecule has 0 radical (unpaired) electrons. The molecule has 6 heteroatoms. The second-order valence-electron chi connectivity index (χ2n) is 6.63. The largest absolute Gasteiger partial charge is 0.497 e. The fraction of sp³-hybridized carbons (Fsp3) is 0.529. The Labute approximate surface area is 136 Å². The molecule has 2 rings (SSSR count). The van der Waals surface area contributed by atoms with E-state index in [9.17, 15) is 14.7 Å². The minimum atomic E-state index is -1.02. The molecule has 1 N–H and O–H groups in total. The molecule has 0 saturated carbocycles. The standard InChI is InChI=1S/C17H23NO5/c1-17(2,3)23-16(21)18-10-9-13(14(18)15(19)20)11-5-7-12(22-4)8-6-11/h5-8,13-14H,9-10H2,1-4H3,(H,19,20)/t13?,14-/m0/s1. The number of amides is 1. The number of nitrogens with zero attached hydrogens (tertiary/aromatic N) is 1. The molecular formula is C17H23NO5. The van der Waals surface area contributed by atoms with Crippen LogP contribution in [-0.4, -0.2) is 47.4 Å². The second kappa shape index (κ2) is 6.48. The molecular weight excluding hydrogens is 298 g/mol. The smallest absolute Gasteiger partial charge is 0.411 e. The van der Waals surface area contributed by atoms with Crippen molar-refractivity contribution in [2.75, 3.05) is 13.7 Å². The highest BCUT2D eigenvalue weighted by Gasteiger charge is 2.44. The zero-order valence-electron chi connectivity index (χ0n) is 13.9. The van der Waals surface area contributed by atoms with Gasteiger partial charge in [-0.05, 0) is 44.9 Å². The summed E-state index contributed by atoms with van der Waals surface area (Å²) in [7, 11) is 1.58. The van der Waals surface area contributed by atoms with Gasteiger partial charge in [-0.25, -0.2) is 9.59 Å². The highest BCUT2D eigenvalue weighted by atomic mass is 16.6. The Morgan fingerprint density at radius 3 is 2.30 bits per heavy atom. The number of carbonyl (C=O) groups excluding carboxylic acids is 1. The first-order chi connectivity index (χ1) is 10.7. The van der Waals surface area contributed by atoms with E-state index in [-0.39, 0.29) is 5.92 Å². The highest BCUT2D eigenvalue weighted by Crippen LogP contribution is 2.35. The lowest BCUT2D eigenvalue weighted by Crippen LogP contribution is -2.45. The van der Waals surface area contributed by atoms with Gasteiger partial charge in [-0.3, -0.25) is 4.90 Å². The Bertz CT molecular complexity index is 576. The monoisotopic (exact) mass is 321 g/mol. The third-order valence-corrected chi connectivity index (χ3v) is 3.82. The van der Waals surface area contributed by atoms with Gasteiger partial charge in [0.2, 0.25) is 0 Å². The first-order valence-corrected chi connectivity index (χ1v) is 7.59. The average Bonchev–Trinajstić information content (AvgIpc) is 2.90. The lowest BCUT2D eigenvalue weighted by molar-refractivity contribution is -0.142. The topological polar surface area (TPSA) is 76.1 Å². The van der Waals surface area contributed by atoms with Crippen LogP contribution in [0, 0.1) is 0 Å². The molecule has 1 amide bonds. The van der Waals surface area contributed by atoms with E-state index in [1.165, 1.54) is 4.90 Å². The lowest BCUT2D eigenvalue weighted by Gasteiger charge is -2.28. The van der Waals surface area contributed by atoms with E-state index in [2.05, 4.69) is 0 Å². The number of rotatable bonds is 3. The summed E-state index contributed by atoms with van der Waals surface area (Å²) in [6, 6.07) is 6.36. The SMILES string of the molecule is COc1ccc(C2CCN(C(=O)OC(C)(C)C)[C@@H]2C(=O)O)cc1. The molecule has 0 spiro atoms. The zero-order valence-corrected chi connectivity index (χ0v) is 13.9. The molecule has 2 atom stereocenters. The first kappa shape index (κ1) is 17.1. The number of methoxy groups -OCH3 is 1. The van der Waals surface area contributed by atoms with Gasteiger partial charge in [-0.2, -0.15) is 0 Å². The molecule has 0 bridgehead atoms. The summed E-state index contributed by atoms with van der Waals surface area (Å²) < 4.78 is 10.4. The maximum absolute atomic E-state index is 12.3. The van der Waals surface area contributed by atoms with Crippen molar-refractivity contribution in [3.8, 4) is 5.75 Å². The summed E-state index contributed by atoms with van der Waals surface area (Å²) >= 11 is 0. The van der Waals surface area contributed by atoms with Crippen LogP contribution in [0.15, 0.2) is 24.3 Å². The molecule has 6 nitrogen and oxygen atoms in total. The third-order valence-electron chi connectivity index (χ3n) is 3.82. The summed E-state index contributed by atoms with van der Waals surface area (Å²) in [5.74, 6) is -0.567. The van der Waals surface area contributed by atoms with Gasteiger partial charge in [0.25, 0.3) is 0 Å². The van der Waals surface area contributed by atoms with Crippen molar-refractivity contribution < 1.29 is 24.2 Å². The van der Waals surface area contributed by atoms with E-state index in [1.54, 1.807) is 40.0 Å². The molecule has 1 saturated heterocycles. The fourth-order valence-electron chi connectivity index (χ4n) is 2.82. The van der Waals surface area contributed by atoms with Crippen LogP contribution in [-0.2, 0) is 9.53 Å². The Balaban J connectivity index is 2.22. The van der Waals surface area contributed by atoms with Gasteiger partial charge in [0, 0.05) is 12.5 Å². The number of carboxylic acid groups (broad SMARTS) is 1. The van der Waals surface area contributed by atoms with E-state index in [4.69, 9.17) is 9.47 Å². The summed E-state index contributed by atoms with van der Waals surface area (Å²) in [5.41, 5.74) is 0.225. The second-order valence-corrected chi connectivity index (χ2v) is 6.63. The summed E-state index contributed by atoms with van der Waals surface area (Å²) in [4.78, 5) is 25.3. The maximum atomic E-state index is 12.3. The van der Waals surface area contributed by atoms with Gasteiger partial charge in [0.05, 0.1) is 7.11 Å². The molecule has 126 valence electrons. The molecule has 23 heavy (non-hydrogen) atoms. The summed E-state index contributed by atoms with van der Waals surface area (Å²) in [6.45, 7) is 5.65. The summed E-state index contributed by atoms with van der Waals surface area (Å²) in [5, 5.41) is 9.59. The van der Waals surface area contributed by atoms with Crippen LogP contribution in [0.25, 0.3) is 0 Å².